The lowest BCUT2D eigenvalue weighted by Crippen LogP contribution is -1.96. The highest BCUT2D eigenvalue weighted by atomic mass is 16.3. The van der Waals surface area contributed by atoms with E-state index in [9.17, 15) is 5.11 Å². The highest BCUT2D eigenvalue weighted by molar-refractivity contribution is 5.29. The Morgan fingerprint density at radius 2 is 1.67 bits per heavy atom. The number of hydrogen-bond donors (Lipinski definition) is 1. The zero-order valence-corrected chi connectivity index (χ0v) is 7.96. The van der Waals surface area contributed by atoms with Crippen LogP contribution < -0.4 is 0 Å². The van der Waals surface area contributed by atoms with Crippen molar-refractivity contribution in [3.8, 4) is 0 Å². The molecule has 0 aliphatic carbocycles. The number of aliphatic hydroxyl groups is 1. The van der Waals surface area contributed by atoms with Crippen LogP contribution in [0.4, 0.5) is 0 Å². The SMILES string of the molecule is CC[C@H](O)c1cc(C)cc(C)c1. The summed E-state index contributed by atoms with van der Waals surface area (Å²) in [7, 11) is 0. The molecule has 1 rings (SSSR count). The zero-order valence-electron chi connectivity index (χ0n) is 7.96. The van der Waals surface area contributed by atoms with Crippen molar-refractivity contribution in [2.45, 2.75) is 33.3 Å². The molecule has 0 saturated carbocycles. The van der Waals surface area contributed by atoms with E-state index in [2.05, 4.69) is 19.9 Å². The minimum absolute atomic E-state index is 0.302. The van der Waals surface area contributed by atoms with Crippen LogP contribution in [0.5, 0.6) is 0 Å². The molecule has 0 unspecified atom stereocenters. The van der Waals surface area contributed by atoms with Gasteiger partial charge in [-0.15, -0.1) is 0 Å². The van der Waals surface area contributed by atoms with Crippen LogP contribution in [0.2, 0.25) is 0 Å². The van der Waals surface area contributed by atoms with E-state index in [-0.39, 0.29) is 6.10 Å². The predicted molar refractivity (Wildman–Crippen MR) is 51.2 cm³/mol. The van der Waals surface area contributed by atoms with Gasteiger partial charge < -0.3 is 5.11 Å². The van der Waals surface area contributed by atoms with Crippen LogP contribution in [0.15, 0.2) is 18.2 Å². The largest absolute Gasteiger partial charge is 0.388 e. The van der Waals surface area contributed by atoms with Crippen LogP contribution in [0.3, 0.4) is 0 Å². The summed E-state index contributed by atoms with van der Waals surface area (Å²) in [5, 5.41) is 9.58. The summed E-state index contributed by atoms with van der Waals surface area (Å²) in [4.78, 5) is 0. The summed E-state index contributed by atoms with van der Waals surface area (Å²) < 4.78 is 0. The molecule has 1 nitrogen and oxygen atoms in total. The summed E-state index contributed by atoms with van der Waals surface area (Å²) in [5.41, 5.74) is 3.48. The minimum Gasteiger partial charge on any atom is -0.388 e. The number of rotatable bonds is 2. The maximum atomic E-state index is 9.58. The summed E-state index contributed by atoms with van der Waals surface area (Å²) in [6, 6.07) is 6.20. The van der Waals surface area contributed by atoms with Gasteiger partial charge in [0.2, 0.25) is 0 Å². The smallest absolute Gasteiger partial charge is 0.0787 e. The third-order valence-electron chi connectivity index (χ3n) is 2.02. The fraction of sp³-hybridized carbons (Fsp3) is 0.455. The summed E-state index contributed by atoms with van der Waals surface area (Å²) in [5.74, 6) is 0. The number of hydrogen-bond acceptors (Lipinski definition) is 1. The molecule has 0 aromatic heterocycles. The van der Waals surface area contributed by atoms with Gasteiger partial charge in [-0.1, -0.05) is 36.2 Å². The van der Waals surface area contributed by atoms with Crippen LogP contribution in [0.25, 0.3) is 0 Å². The van der Waals surface area contributed by atoms with Crippen molar-refractivity contribution < 1.29 is 5.11 Å². The molecule has 0 bridgehead atoms. The average Bonchev–Trinajstić information content (AvgIpc) is 2.01. The van der Waals surface area contributed by atoms with Gasteiger partial charge in [-0.05, 0) is 25.8 Å². The van der Waals surface area contributed by atoms with E-state index in [1.807, 2.05) is 19.1 Å². The average molecular weight is 164 g/mol. The van der Waals surface area contributed by atoms with Gasteiger partial charge in [0.05, 0.1) is 6.10 Å². The third kappa shape index (κ3) is 2.08. The lowest BCUT2D eigenvalue weighted by molar-refractivity contribution is 0.173. The van der Waals surface area contributed by atoms with Gasteiger partial charge in [-0.2, -0.15) is 0 Å². The Bertz CT molecular complexity index is 245. The van der Waals surface area contributed by atoms with Crippen LogP contribution in [-0.2, 0) is 0 Å². The van der Waals surface area contributed by atoms with Crippen molar-refractivity contribution in [3.05, 3.63) is 34.9 Å². The van der Waals surface area contributed by atoms with E-state index in [0.29, 0.717) is 0 Å². The fourth-order valence-electron chi connectivity index (χ4n) is 1.44. The molecule has 0 aliphatic heterocycles. The van der Waals surface area contributed by atoms with Gasteiger partial charge in [0.25, 0.3) is 0 Å². The first-order valence-electron chi connectivity index (χ1n) is 4.39. The quantitative estimate of drug-likeness (QED) is 0.712. The van der Waals surface area contributed by atoms with Crippen LogP contribution in [-0.4, -0.2) is 5.11 Å². The van der Waals surface area contributed by atoms with Gasteiger partial charge in [-0.25, -0.2) is 0 Å². The molecule has 1 aromatic carbocycles. The summed E-state index contributed by atoms with van der Waals surface area (Å²) >= 11 is 0. The molecule has 0 aliphatic rings. The van der Waals surface area contributed by atoms with Gasteiger partial charge >= 0.3 is 0 Å². The Kier molecular flexibility index (Phi) is 2.88. The first-order chi connectivity index (χ1) is 5.63. The van der Waals surface area contributed by atoms with Crippen LogP contribution in [0.1, 0.15) is 36.1 Å². The second-order valence-corrected chi connectivity index (χ2v) is 3.35. The minimum atomic E-state index is -0.302. The maximum Gasteiger partial charge on any atom is 0.0787 e. The molecule has 0 amide bonds. The number of aliphatic hydroxyl groups excluding tert-OH is 1. The second kappa shape index (κ2) is 3.72. The van der Waals surface area contributed by atoms with Crippen molar-refractivity contribution >= 4 is 0 Å². The van der Waals surface area contributed by atoms with Crippen molar-refractivity contribution in [1.29, 1.82) is 0 Å². The number of aryl methyl sites for hydroxylation is 2. The monoisotopic (exact) mass is 164 g/mol. The Balaban J connectivity index is 3.00. The Hall–Kier alpha value is -0.820. The van der Waals surface area contributed by atoms with Gasteiger partial charge in [0.1, 0.15) is 0 Å². The molecule has 1 aromatic rings. The van der Waals surface area contributed by atoms with E-state index in [0.717, 1.165) is 12.0 Å². The van der Waals surface area contributed by atoms with Gasteiger partial charge in [-0.3, -0.25) is 0 Å². The summed E-state index contributed by atoms with van der Waals surface area (Å²) in [6.45, 7) is 6.10. The zero-order chi connectivity index (χ0) is 9.14. The molecule has 12 heavy (non-hydrogen) atoms. The normalized spacial score (nSPS) is 13.0. The fourth-order valence-corrected chi connectivity index (χ4v) is 1.44. The molecule has 0 saturated heterocycles. The van der Waals surface area contributed by atoms with E-state index in [4.69, 9.17) is 0 Å². The van der Waals surface area contributed by atoms with Crippen molar-refractivity contribution in [1.82, 2.24) is 0 Å². The Morgan fingerprint density at radius 1 is 1.17 bits per heavy atom. The molecular weight excluding hydrogens is 148 g/mol. The Labute approximate surface area is 74.1 Å². The molecule has 1 heteroatoms. The lowest BCUT2D eigenvalue weighted by Gasteiger charge is -2.09. The van der Waals surface area contributed by atoms with Crippen molar-refractivity contribution in [3.63, 3.8) is 0 Å². The molecule has 0 heterocycles. The van der Waals surface area contributed by atoms with E-state index in [1.54, 1.807) is 0 Å². The van der Waals surface area contributed by atoms with E-state index < -0.39 is 0 Å². The molecule has 1 atom stereocenters. The highest BCUT2D eigenvalue weighted by Gasteiger charge is 2.04. The second-order valence-electron chi connectivity index (χ2n) is 3.35. The third-order valence-corrected chi connectivity index (χ3v) is 2.02. The first kappa shape index (κ1) is 9.27. The van der Waals surface area contributed by atoms with Gasteiger partial charge in [0, 0.05) is 0 Å². The number of benzene rings is 1. The molecule has 0 fully saturated rings. The summed E-state index contributed by atoms with van der Waals surface area (Å²) in [6.07, 6.45) is 0.478. The first-order valence-corrected chi connectivity index (χ1v) is 4.39. The van der Waals surface area contributed by atoms with Crippen LogP contribution >= 0.6 is 0 Å². The van der Waals surface area contributed by atoms with Crippen molar-refractivity contribution in [2.75, 3.05) is 0 Å². The maximum absolute atomic E-state index is 9.58. The van der Waals surface area contributed by atoms with E-state index in [1.165, 1.54) is 11.1 Å². The molecule has 0 spiro atoms. The van der Waals surface area contributed by atoms with E-state index >= 15 is 0 Å². The standard InChI is InChI=1S/C11H16O/c1-4-11(12)10-6-8(2)5-9(3)7-10/h5-7,11-12H,4H2,1-3H3/t11-/m0/s1. The molecule has 0 radical (unpaired) electrons. The molecule has 66 valence electrons. The predicted octanol–water partition coefficient (Wildman–Crippen LogP) is 2.75. The topological polar surface area (TPSA) is 20.2 Å². The Morgan fingerprint density at radius 3 is 2.08 bits per heavy atom. The lowest BCUT2D eigenvalue weighted by atomic mass is 10.0. The molecular formula is C11H16O. The van der Waals surface area contributed by atoms with Gasteiger partial charge in [0.15, 0.2) is 0 Å². The van der Waals surface area contributed by atoms with Crippen molar-refractivity contribution in [2.24, 2.45) is 0 Å². The van der Waals surface area contributed by atoms with Crippen LogP contribution in [0, 0.1) is 13.8 Å². The molecule has 1 N–H and O–H groups in total. The highest BCUT2D eigenvalue weighted by Crippen LogP contribution is 2.18.